The van der Waals surface area contributed by atoms with Gasteiger partial charge in [-0.25, -0.2) is 14.4 Å². The minimum atomic E-state index is -0.360. The van der Waals surface area contributed by atoms with E-state index in [1.54, 1.807) is 45.4 Å². The first kappa shape index (κ1) is 18.4. The van der Waals surface area contributed by atoms with Gasteiger partial charge in [0.25, 0.3) is 0 Å². The number of nitrogens with zero attached hydrogens (tertiary/aromatic N) is 5. The third-order valence-electron chi connectivity index (χ3n) is 3.93. The van der Waals surface area contributed by atoms with Crippen molar-refractivity contribution in [3.8, 4) is 0 Å². The first-order valence-electron chi connectivity index (χ1n) is 8.16. The highest BCUT2D eigenvalue weighted by molar-refractivity contribution is 8.14. The molecule has 1 aromatic carbocycles. The third kappa shape index (κ3) is 4.01. The fraction of sp³-hybridized carbons (Fsp3) is 0.235. The minimum absolute atomic E-state index is 0.233. The summed E-state index contributed by atoms with van der Waals surface area (Å²) in [6.45, 7) is 2.20. The SMILES string of the molecule is Cc1csc(CC2=NN(c3ccn(Cc4c(F)cccc4Cl)n3)C(N)S2)n1. The number of nitrogens with two attached hydrogens (primary N) is 1. The van der Waals surface area contributed by atoms with E-state index in [2.05, 4.69) is 15.2 Å². The van der Waals surface area contributed by atoms with Crippen LogP contribution >= 0.6 is 34.7 Å². The van der Waals surface area contributed by atoms with Gasteiger partial charge in [-0.3, -0.25) is 4.68 Å². The van der Waals surface area contributed by atoms with Gasteiger partial charge in [0.05, 0.1) is 18.0 Å². The maximum atomic E-state index is 14.0. The fourth-order valence-electron chi connectivity index (χ4n) is 2.67. The Morgan fingerprint density at radius 3 is 2.93 bits per heavy atom. The monoisotopic (exact) mass is 422 g/mol. The van der Waals surface area contributed by atoms with Gasteiger partial charge in [0.2, 0.25) is 0 Å². The van der Waals surface area contributed by atoms with E-state index in [1.807, 2.05) is 12.3 Å². The van der Waals surface area contributed by atoms with Crippen LogP contribution in [0.15, 0.2) is 40.9 Å². The minimum Gasteiger partial charge on any atom is -0.301 e. The quantitative estimate of drug-likeness (QED) is 0.676. The Hall–Kier alpha value is -1.94. The lowest BCUT2D eigenvalue weighted by molar-refractivity contribution is 0.584. The summed E-state index contributed by atoms with van der Waals surface area (Å²) in [6.07, 6.45) is 2.41. The van der Waals surface area contributed by atoms with Crippen molar-refractivity contribution in [3.05, 3.63) is 62.9 Å². The summed E-state index contributed by atoms with van der Waals surface area (Å²) in [6, 6.07) is 6.43. The standard InChI is InChI=1S/C17H16ClFN6S2/c1-10-9-26-15(21-10)7-16-23-25(17(20)27-16)14-5-6-24(22-14)8-11-12(18)3-2-4-13(11)19/h2-6,9,17H,7-8,20H2,1H3. The normalized spacial score (nSPS) is 16.8. The first-order chi connectivity index (χ1) is 13.0. The van der Waals surface area contributed by atoms with Gasteiger partial charge in [0.1, 0.15) is 10.9 Å². The van der Waals surface area contributed by atoms with E-state index >= 15 is 0 Å². The average molecular weight is 423 g/mol. The third-order valence-corrected chi connectivity index (χ3v) is 6.19. The second-order valence-electron chi connectivity index (χ2n) is 5.98. The molecule has 1 atom stereocenters. The zero-order valence-electron chi connectivity index (χ0n) is 14.3. The van der Waals surface area contributed by atoms with Crippen LogP contribution in [-0.2, 0) is 13.0 Å². The highest BCUT2D eigenvalue weighted by atomic mass is 35.5. The molecule has 1 aliphatic heterocycles. The number of benzene rings is 1. The van der Waals surface area contributed by atoms with Crippen molar-refractivity contribution < 1.29 is 4.39 Å². The molecule has 0 aliphatic carbocycles. The Bertz CT molecular complexity index is 981. The Morgan fingerprint density at radius 1 is 1.33 bits per heavy atom. The van der Waals surface area contributed by atoms with Crippen LogP contribution in [0.3, 0.4) is 0 Å². The average Bonchev–Trinajstić information content (AvgIpc) is 3.32. The number of thioether (sulfide) groups is 1. The molecule has 0 saturated heterocycles. The molecule has 6 nitrogen and oxygen atoms in total. The number of hydrogen-bond donors (Lipinski definition) is 1. The van der Waals surface area contributed by atoms with Crippen LogP contribution in [0.25, 0.3) is 0 Å². The number of rotatable bonds is 5. The van der Waals surface area contributed by atoms with Gasteiger partial charge >= 0.3 is 0 Å². The summed E-state index contributed by atoms with van der Waals surface area (Å²) in [7, 11) is 0. The van der Waals surface area contributed by atoms with Crippen LogP contribution in [0.5, 0.6) is 0 Å². The molecule has 0 bridgehead atoms. The molecule has 27 heavy (non-hydrogen) atoms. The lowest BCUT2D eigenvalue weighted by atomic mass is 10.2. The molecule has 0 fully saturated rings. The molecule has 140 valence electrons. The maximum Gasteiger partial charge on any atom is 0.173 e. The largest absolute Gasteiger partial charge is 0.301 e. The topological polar surface area (TPSA) is 72.3 Å². The van der Waals surface area contributed by atoms with Crippen molar-refractivity contribution >= 4 is 45.6 Å². The summed E-state index contributed by atoms with van der Waals surface area (Å²) in [4.78, 5) is 4.46. The van der Waals surface area contributed by atoms with Gasteiger partial charge in [0.15, 0.2) is 11.3 Å². The number of aromatic nitrogens is 3. The molecule has 1 aliphatic rings. The van der Waals surface area contributed by atoms with Gasteiger partial charge in [-0.15, -0.1) is 11.3 Å². The Morgan fingerprint density at radius 2 is 2.19 bits per heavy atom. The number of hydrazone groups is 1. The second kappa shape index (κ2) is 7.59. The van der Waals surface area contributed by atoms with Crippen molar-refractivity contribution in [2.24, 2.45) is 10.8 Å². The summed E-state index contributed by atoms with van der Waals surface area (Å²) in [5, 5.41) is 15.0. The van der Waals surface area contributed by atoms with Crippen molar-refractivity contribution in [3.63, 3.8) is 0 Å². The van der Waals surface area contributed by atoms with E-state index in [0.717, 1.165) is 15.7 Å². The zero-order valence-corrected chi connectivity index (χ0v) is 16.7. The van der Waals surface area contributed by atoms with Crippen molar-refractivity contribution in [1.29, 1.82) is 0 Å². The molecule has 1 unspecified atom stereocenters. The molecule has 2 aromatic heterocycles. The van der Waals surface area contributed by atoms with E-state index in [4.69, 9.17) is 17.3 Å². The summed E-state index contributed by atoms with van der Waals surface area (Å²) < 4.78 is 15.6. The molecule has 0 radical (unpaired) electrons. The van der Waals surface area contributed by atoms with Crippen LogP contribution in [0, 0.1) is 12.7 Å². The molecule has 0 spiro atoms. The molecule has 2 N–H and O–H groups in total. The molecule has 3 aromatic rings. The first-order valence-corrected chi connectivity index (χ1v) is 10.3. The number of halogens is 2. The van der Waals surface area contributed by atoms with Gasteiger partial charge in [-0.1, -0.05) is 29.4 Å². The molecule has 0 amide bonds. The number of hydrogen-bond acceptors (Lipinski definition) is 7. The Labute approximate surface area is 168 Å². The zero-order chi connectivity index (χ0) is 19.0. The number of aryl methyl sites for hydroxylation is 1. The van der Waals surface area contributed by atoms with Gasteiger partial charge in [-0.2, -0.15) is 10.2 Å². The lowest BCUT2D eigenvalue weighted by Crippen LogP contribution is -2.32. The van der Waals surface area contributed by atoms with E-state index in [-0.39, 0.29) is 17.9 Å². The van der Waals surface area contributed by atoms with Crippen LogP contribution in [-0.4, -0.2) is 25.3 Å². The van der Waals surface area contributed by atoms with Crippen LogP contribution in [0.1, 0.15) is 16.3 Å². The van der Waals surface area contributed by atoms with E-state index < -0.39 is 0 Å². The van der Waals surface area contributed by atoms with Crippen molar-refractivity contribution in [1.82, 2.24) is 14.8 Å². The summed E-state index contributed by atoms with van der Waals surface area (Å²) in [5.41, 5.74) is 7.24. The van der Waals surface area contributed by atoms with Crippen LogP contribution in [0.4, 0.5) is 10.2 Å². The fourth-order valence-corrected chi connectivity index (χ4v) is 4.65. The Balaban J connectivity index is 1.50. The summed E-state index contributed by atoms with van der Waals surface area (Å²) in [5.74, 6) is 0.250. The highest BCUT2D eigenvalue weighted by Gasteiger charge is 2.27. The molecular formula is C17H16ClFN6S2. The molecular weight excluding hydrogens is 407 g/mol. The van der Waals surface area contributed by atoms with Crippen molar-refractivity contribution in [2.75, 3.05) is 5.01 Å². The van der Waals surface area contributed by atoms with Gasteiger partial charge in [-0.05, 0) is 19.1 Å². The smallest absolute Gasteiger partial charge is 0.173 e. The van der Waals surface area contributed by atoms with Gasteiger partial charge < -0.3 is 5.73 Å². The second-order valence-corrected chi connectivity index (χ2v) is 8.52. The molecule has 4 rings (SSSR count). The predicted octanol–water partition coefficient (Wildman–Crippen LogP) is 3.84. The number of anilines is 1. The van der Waals surface area contributed by atoms with Crippen molar-refractivity contribution in [2.45, 2.75) is 25.4 Å². The van der Waals surface area contributed by atoms with E-state index in [0.29, 0.717) is 22.8 Å². The molecule has 10 heteroatoms. The summed E-state index contributed by atoms with van der Waals surface area (Å²) >= 11 is 9.18. The van der Waals surface area contributed by atoms with E-state index in [1.165, 1.54) is 17.8 Å². The highest BCUT2D eigenvalue weighted by Crippen LogP contribution is 2.29. The number of thiazole rings is 1. The predicted molar refractivity (Wildman–Crippen MR) is 109 cm³/mol. The van der Waals surface area contributed by atoms with Gasteiger partial charge in [0, 0.05) is 33.9 Å². The van der Waals surface area contributed by atoms with Crippen LogP contribution in [0.2, 0.25) is 5.02 Å². The Kier molecular flexibility index (Phi) is 5.18. The maximum absolute atomic E-state index is 14.0. The lowest BCUT2D eigenvalue weighted by Gasteiger charge is -2.15. The van der Waals surface area contributed by atoms with Crippen LogP contribution < -0.4 is 10.7 Å². The van der Waals surface area contributed by atoms with E-state index in [9.17, 15) is 4.39 Å². The molecule has 3 heterocycles. The molecule has 0 saturated carbocycles.